The molecule has 62 valence electrons. The maximum absolute atomic E-state index is 11.2. The first-order valence-electron chi connectivity index (χ1n) is 3.26. The molecule has 0 radical (unpaired) electrons. The van der Waals surface area contributed by atoms with Gasteiger partial charge in [0.2, 0.25) is 0 Å². The van der Waals surface area contributed by atoms with E-state index in [9.17, 15) is 13.6 Å². The Hall–Kier alpha value is -1.36. The molecule has 0 N–H and O–H groups in total. The molecule has 0 bridgehead atoms. The van der Waals surface area contributed by atoms with Crippen molar-refractivity contribution >= 4 is 15.9 Å². The summed E-state index contributed by atoms with van der Waals surface area (Å²) >= 11 is 0. The van der Waals surface area contributed by atoms with Crippen LogP contribution in [0.5, 0.6) is 0 Å². The molecule has 0 aliphatic carbocycles. The number of aromatic nitrogens is 1. The normalized spacial score (nSPS) is 17.7. The molecule has 12 heavy (non-hydrogen) atoms. The molecule has 0 saturated carbocycles. The molecule has 0 unspecified atom stereocenters. The minimum Gasteiger partial charge on any atom is -0.618 e. The summed E-state index contributed by atoms with van der Waals surface area (Å²) in [6.07, 6.45) is 2.59. The molecule has 0 saturated heterocycles. The van der Waals surface area contributed by atoms with Gasteiger partial charge >= 0.3 is 5.03 Å². The Bertz CT molecular complexity index is 462. The Morgan fingerprint density at radius 2 is 2.17 bits per heavy atom. The average molecular weight is 183 g/mol. The molecule has 0 aromatic carbocycles. The Labute approximate surface area is 69.3 Å². The highest BCUT2D eigenvalue weighted by Gasteiger charge is 2.29. The highest BCUT2D eigenvalue weighted by Crippen LogP contribution is 2.21. The largest absolute Gasteiger partial charge is 0.618 e. The lowest BCUT2D eigenvalue weighted by molar-refractivity contribution is -0.646. The second-order valence-electron chi connectivity index (χ2n) is 2.44. The zero-order chi connectivity index (χ0) is 8.77. The van der Waals surface area contributed by atoms with Gasteiger partial charge in [-0.25, -0.2) is 8.42 Å². The molecule has 2 heterocycles. The van der Waals surface area contributed by atoms with E-state index in [1.165, 1.54) is 18.3 Å². The van der Waals surface area contributed by atoms with Crippen molar-refractivity contribution in [1.82, 2.24) is 0 Å². The smallest absolute Gasteiger partial charge is 0.320 e. The van der Waals surface area contributed by atoms with Crippen LogP contribution in [0.15, 0.2) is 28.8 Å². The summed E-state index contributed by atoms with van der Waals surface area (Å²) in [5, 5.41) is 11.9. The van der Waals surface area contributed by atoms with Crippen LogP contribution in [0, 0.1) is 5.21 Å². The van der Waals surface area contributed by atoms with Crippen LogP contribution in [-0.4, -0.2) is 8.42 Å². The van der Waals surface area contributed by atoms with Crippen molar-refractivity contribution in [2.45, 2.75) is 5.03 Å². The van der Waals surface area contributed by atoms with E-state index >= 15 is 0 Å². The molecule has 0 fully saturated rings. The molecule has 1 aliphatic rings. The first-order valence-corrected chi connectivity index (χ1v) is 4.81. The van der Waals surface area contributed by atoms with E-state index in [0.29, 0.717) is 10.3 Å². The summed E-state index contributed by atoms with van der Waals surface area (Å²) in [5.41, 5.74) is 0.451. The van der Waals surface area contributed by atoms with Crippen molar-refractivity contribution in [1.29, 1.82) is 0 Å². The highest BCUT2D eigenvalue weighted by molar-refractivity contribution is 7.94. The van der Waals surface area contributed by atoms with Crippen molar-refractivity contribution < 1.29 is 13.1 Å². The maximum atomic E-state index is 11.2. The van der Waals surface area contributed by atoms with E-state index in [4.69, 9.17) is 0 Å². The highest BCUT2D eigenvalue weighted by atomic mass is 32.2. The summed E-state index contributed by atoms with van der Waals surface area (Å²) < 4.78 is 22.7. The predicted octanol–water partition coefficient (Wildman–Crippen LogP) is 0.0780. The Balaban J connectivity index is 2.88. The van der Waals surface area contributed by atoms with Gasteiger partial charge in [-0.05, 0) is 12.1 Å². The van der Waals surface area contributed by atoms with E-state index in [-0.39, 0.29) is 5.03 Å². The fraction of sp³-hybridized carbons (Fsp3) is 0. The first kappa shape index (κ1) is 7.30. The molecule has 5 heteroatoms. The van der Waals surface area contributed by atoms with Crippen molar-refractivity contribution in [2.24, 2.45) is 0 Å². The number of sulfone groups is 1. The van der Waals surface area contributed by atoms with E-state index in [1.807, 2.05) is 0 Å². The zero-order valence-corrected chi connectivity index (χ0v) is 6.78. The maximum Gasteiger partial charge on any atom is 0.320 e. The zero-order valence-electron chi connectivity index (χ0n) is 5.97. The molecule has 1 aromatic rings. The van der Waals surface area contributed by atoms with Crippen LogP contribution in [0.3, 0.4) is 0 Å². The van der Waals surface area contributed by atoms with Gasteiger partial charge in [0, 0.05) is 11.5 Å². The van der Waals surface area contributed by atoms with Gasteiger partial charge in [0.25, 0.3) is 9.84 Å². The van der Waals surface area contributed by atoms with Crippen LogP contribution < -0.4 is 4.73 Å². The summed E-state index contributed by atoms with van der Waals surface area (Å²) in [6, 6.07) is 3.10. The van der Waals surface area contributed by atoms with Gasteiger partial charge in [0.05, 0.1) is 5.56 Å². The molecule has 0 atom stereocenters. The van der Waals surface area contributed by atoms with Crippen molar-refractivity contribution in [3.05, 3.63) is 34.5 Å². The lowest BCUT2D eigenvalue weighted by Gasteiger charge is -1.99. The van der Waals surface area contributed by atoms with Crippen molar-refractivity contribution in [2.75, 3.05) is 0 Å². The predicted molar refractivity (Wildman–Crippen MR) is 41.6 cm³/mol. The Kier molecular flexibility index (Phi) is 1.26. The number of rotatable bonds is 0. The third-order valence-corrected chi connectivity index (χ3v) is 3.09. The fourth-order valence-electron chi connectivity index (χ4n) is 1.13. The minimum atomic E-state index is -3.47. The monoisotopic (exact) mass is 183 g/mol. The molecule has 2 rings (SSSR count). The SMILES string of the molecule is O=S1(=O)C=Cc2ccc[n+]([O-])c21. The molecular weight excluding hydrogens is 178 g/mol. The summed E-state index contributed by atoms with van der Waals surface area (Å²) in [4.78, 5) is 0. The quantitative estimate of drug-likeness (QED) is 0.422. The van der Waals surface area contributed by atoms with Gasteiger partial charge in [0.1, 0.15) is 0 Å². The Morgan fingerprint density at radius 3 is 2.83 bits per heavy atom. The molecule has 1 aromatic heterocycles. The van der Waals surface area contributed by atoms with E-state index < -0.39 is 9.84 Å². The van der Waals surface area contributed by atoms with Crippen molar-refractivity contribution in [3.8, 4) is 0 Å². The summed E-state index contributed by atoms with van der Waals surface area (Å²) in [6.45, 7) is 0. The fourth-order valence-corrected chi connectivity index (χ4v) is 2.37. The summed E-state index contributed by atoms with van der Waals surface area (Å²) in [7, 11) is -3.47. The number of hydrogen-bond acceptors (Lipinski definition) is 3. The van der Waals surface area contributed by atoms with Crippen LogP contribution in [0.2, 0.25) is 0 Å². The number of pyridine rings is 1. The molecule has 1 aliphatic heterocycles. The number of fused-ring (bicyclic) bond motifs is 1. The average Bonchev–Trinajstić information content (AvgIpc) is 2.29. The van der Waals surface area contributed by atoms with Crippen LogP contribution in [0.25, 0.3) is 6.08 Å². The second kappa shape index (κ2) is 2.07. The van der Waals surface area contributed by atoms with Crippen LogP contribution >= 0.6 is 0 Å². The third-order valence-electron chi connectivity index (χ3n) is 1.64. The summed E-state index contributed by atoms with van der Waals surface area (Å²) in [5.74, 6) is 0. The minimum absolute atomic E-state index is 0.176. The second-order valence-corrected chi connectivity index (χ2v) is 4.19. The molecule has 0 spiro atoms. The Morgan fingerprint density at radius 1 is 1.42 bits per heavy atom. The van der Waals surface area contributed by atoms with Crippen molar-refractivity contribution in [3.63, 3.8) is 0 Å². The number of nitrogens with zero attached hydrogens (tertiary/aromatic N) is 1. The standard InChI is InChI=1S/C7H5NO3S/c9-8-4-1-2-6-3-5-12(10,11)7(6)8/h1-5H. The van der Waals surface area contributed by atoms with Crippen LogP contribution in [0.1, 0.15) is 5.56 Å². The van der Waals surface area contributed by atoms with Gasteiger partial charge < -0.3 is 5.21 Å². The lowest BCUT2D eigenvalue weighted by atomic mass is 10.3. The third kappa shape index (κ3) is 0.831. The van der Waals surface area contributed by atoms with Gasteiger partial charge in [-0.3, -0.25) is 0 Å². The van der Waals surface area contributed by atoms with Gasteiger partial charge in [0.15, 0.2) is 6.20 Å². The van der Waals surface area contributed by atoms with Gasteiger partial charge in [-0.15, -0.1) is 0 Å². The molecule has 4 nitrogen and oxygen atoms in total. The van der Waals surface area contributed by atoms with E-state index in [2.05, 4.69) is 0 Å². The van der Waals surface area contributed by atoms with Crippen LogP contribution in [0.4, 0.5) is 0 Å². The van der Waals surface area contributed by atoms with Gasteiger partial charge in [-0.1, -0.05) is 0 Å². The number of hydrogen-bond donors (Lipinski definition) is 0. The first-order chi connectivity index (χ1) is 5.61. The lowest BCUT2D eigenvalue weighted by Crippen LogP contribution is -2.32. The van der Waals surface area contributed by atoms with Crippen LogP contribution in [-0.2, 0) is 9.84 Å². The molecular formula is C7H5NO3S. The molecule has 0 amide bonds. The van der Waals surface area contributed by atoms with E-state index in [1.54, 1.807) is 6.07 Å². The topological polar surface area (TPSA) is 61.1 Å². The van der Waals surface area contributed by atoms with E-state index in [0.717, 1.165) is 5.41 Å². The van der Waals surface area contributed by atoms with Gasteiger partial charge in [-0.2, -0.15) is 4.73 Å².